The summed E-state index contributed by atoms with van der Waals surface area (Å²) in [5, 5.41) is 2.80. The Morgan fingerprint density at radius 3 is 2.83 bits per heavy atom. The third-order valence-electron chi connectivity index (χ3n) is 3.98. The molecule has 1 heterocycles. The van der Waals surface area contributed by atoms with Crippen LogP contribution in [0.1, 0.15) is 34.1 Å². The molecule has 1 amide bonds. The van der Waals surface area contributed by atoms with Gasteiger partial charge in [-0.1, -0.05) is 6.07 Å². The molecule has 8 heteroatoms. The molecule has 0 radical (unpaired) electrons. The second kappa shape index (κ2) is 6.25. The van der Waals surface area contributed by atoms with E-state index in [1.807, 2.05) is 0 Å². The number of nitrogens with zero attached hydrogens (tertiary/aromatic N) is 1. The van der Waals surface area contributed by atoms with Gasteiger partial charge in [0.2, 0.25) is 0 Å². The molecule has 1 unspecified atom stereocenters. The van der Waals surface area contributed by atoms with Crippen LogP contribution in [0, 0.1) is 5.82 Å². The van der Waals surface area contributed by atoms with E-state index >= 15 is 0 Å². The standard InChI is InChI=1S/C16H14BrFN2O3S/c1-24(22,23)13-3-2-8-19-15(13)16(21)20-12-7-5-10-9(12)4-6-11(18)14(10)17/h2-4,6,8,12H,5,7H2,1H3,(H,20,21). The summed E-state index contributed by atoms with van der Waals surface area (Å²) in [6.07, 6.45) is 3.65. The van der Waals surface area contributed by atoms with Crippen molar-refractivity contribution in [1.82, 2.24) is 10.3 Å². The average molecular weight is 413 g/mol. The lowest BCUT2D eigenvalue weighted by Gasteiger charge is -2.15. The van der Waals surface area contributed by atoms with Crippen LogP contribution in [0.4, 0.5) is 4.39 Å². The molecule has 1 aromatic carbocycles. The third-order valence-corrected chi connectivity index (χ3v) is 5.97. The van der Waals surface area contributed by atoms with Gasteiger partial charge in [0.25, 0.3) is 5.91 Å². The van der Waals surface area contributed by atoms with E-state index in [0.29, 0.717) is 17.3 Å². The highest BCUT2D eigenvalue weighted by molar-refractivity contribution is 9.10. The number of rotatable bonds is 3. The van der Waals surface area contributed by atoms with E-state index in [0.717, 1.165) is 17.4 Å². The zero-order chi connectivity index (χ0) is 17.5. The second-order valence-corrected chi connectivity index (χ2v) is 8.39. The molecular weight excluding hydrogens is 399 g/mol. The summed E-state index contributed by atoms with van der Waals surface area (Å²) in [6.45, 7) is 0. The van der Waals surface area contributed by atoms with Crippen molar-refractivity contribution in [2.24, 2.45) is 0 Å². The number of pyridine rings is 1. The van der Waals surface area contributed by atoms with Crippen LogP contribution in [0.15, 0.2) is 39.8 Å². The fourth-order valence-electron chi connectivity index (χ4n) is 2.87. The Morgan fingerprint density at radius 2 is 2.12 bits per heavy atom. The highest BCUT2D eigenvalue weighted by Crippen LogP contribution is 2.37. The topological polar surface area (TPSA) is 76.1 Å². The van der Waals surface area contributed by atoms with Crippen molar-refractivity contribution in [3.8, 4) is 0 Å². The van der Waals surface area contributed by atoms with E-state index in [-0.39, 0.29) is 22.4 Å². The smallest absolute Gasteiger partial charge is 0.271 e. The van der Waals surface area contributed by atoms with Gasteiger partial charge in [-0.3, -0.25) is 4.79 Å². The van der Waals surface area contributed by atoms with Crippen LogP contribution in [0.5, 0.6) is 0 Å². The van der Waals surface area contributed by atoms with Gasteiger partial charge in [0.05, 0.1) is 15.4 Å². The summed E-state index contributed by atoms with van der Waals surface area (Å²) in [4.78, 5) is 16.3. The van der Waals surface area contributed by atoms with E-state index in [1.165, 1.54) is 24.4 Å². The lowest BCUT2D eigenvalue weighted by atomic mass is 10.1. The van der Waals surface area contributed by atoms with Crippen LogP contribution in [0.3, 0.4) is 0 Å². The molecule has 0 bridgehead atoms. The van der Waals surface area contributed by atoms with E-state index in [2.05, 4.69) is 26.2 Å². The van der Waals surface area contributed by atoms with Crippen LogP contribution in [0.2, 0.25) is 0 Å². The summed E-state index contributed by atoms with van der Waals surface area (Å²) in [6, 6.07) is 5.50. The predicted molar refractivity (Wildman–Crippen MR) is 90.0 cm³/mol. The van der Waals surface area contributed by atoms with E-state index in [4.69, 9.17) is 0 Å². The molecule has 0 saturated heterocycles. The average Bonchev–Trinajstić information content (AvgIpc) is 2.93. The van der Waals surface area contributed by atoms with E-state index in [9.17, 15) is 17.6 Å². The van der Waals surface area contributed by atoms with Gasteiger partial charge in [-0.15, -0.1) is 0 Å². The number of amides is 1. The fraction of sp³-hybridized carbons (Fsp3) is 0.250. The zero-order valence-electron chi connectivity index (χ0n) is 12.7. The minimum absolute atomic E-state index is 0.110. The molecule has 1 aromatic heterocycles. The van der Waals surface area contributed by atoms with E-state index < -0.39 is 15.7 Å². The molecule has 2 aromatic rings. The molecular formula is C16H14BrFN2O3S. The molecule has 5 nitrogen and oxygen atoms in total. The third kappa shape index (κ3) is 3.08. The summed E-state index contributed by atoms with van der Waals surface area (Å²) in [5.41, 5.74) is 1.52. The van der Waals surface area contributed by atoms with Crippen molar-refractivity contribution in [2.45, 2.75) is 23.8 Å². The maximum Gasteiger partial charge on any atom is 0.271 e. The Morgan fingerprint density at radius 1 is 1.38 bits per heavy atom. The Bertz CT molecular complexity index is 931. The van der Waals surface area contributed by atoms with Crippen molar-refractivity contribution in [3.05, 3.63) is 57.6 Å². The molecule has 0 saturated carbocycles. The molecule has 1 aliphatic rings. The van der Waals surface area contributed by atoms with Gasteiger partial charge in [0.15, 0.2) is 9.84 Å². The van der Waals surface area contributed by atoms with Crippen molar-refractivity contribution in [3.63, 3.8) is 0 Å². The number of halogens is 2. The summed E-state index contributed by atoms with van der Waals surface area (Å²) in [5.74, 6) is -0.904. The van der Waals surface area contributed by atoms with Gasteiger partial charge in [-0.25, -0.2) is 17.8 Å². The number of benzene rings is 1. The Balaban J connectivity index is 1.91. The largest absolute Gasteiger partial charge is 0.344 e. The van der Waals surface area contributed by atoms with Crippen LogP contribution in [-0.2, 0) is 16.3 Å². The quantitative estimate of drug-likeness (QED) is 0.840. The number of carbonyl (C=O) groups is 1. The first-order valence-electron chi connectivity index (χ1n) is 7.21. The van der Waals surface area contributed by atoms with Crippen molar-refractivity contribution < 1.29 is 17.6 Å². The van der Waals surface area contributed by atoms with Gasteiger partial charge in [-0.05, 0) is 58.1 Å². The van der Waals surface area contributed by atoms with Gasteiger partial charge < -0.3 is 5.32 Å². The first-order chi connectivity index (χ1) is 11.3. The number of fused-ring (bicyclic) bond motifs is 1. The molecule has 126 valence electrons. The number of sulfone groups is 1. The SMILES string of the molecule is CS(=O)(=O)c1cccnc1C(=O)NC1CCc2c1ccc(F)c2Br. The number of carbonyl (C=O) groups excluding carboxylic acids is 1. The maximum absolute atomic E-state index is 13.6. The Kier molecular flexibility index (Phi) is 4.44. The number of nitrogens with one attached hydrogen (secondary N) is 1. The van der Waals surface area contributed by atoms with Crippen LogP contribution in [-0.4, -0.2) is 25.6 Å². The minimum Gasteiger partial charge on any atom is -0.344 e. The molecule has 1 atom stereocenters. The maximum atomic E-state index is 13.6. The predicted octanol–water partition coefficient (Wildman–Crippen LogP) is 2.80. The Hall–Kier alpha value is -1.80. The van der Waals surface area contributed by atoms with Crippen LogP contribution < -0.4 is 5.32 Å². The Labute approximate surface area is 147 Å². The van der Waals surface area contributed by atoms with Gasteiger partial charge in [0.1, 0.15) is 11.5 Å². The molecule has 0 fully saturated rings. The first-order valence-corrected chi connectivity index (χ1v) is 9.90. The molecule has 3 rings (SSSR count). The summed E-state index contributed by atoms with van der Waals surface area (Å²) >= 11 is 3.23. The van der Waals surface area contributed by atoms with Crippen molar-refractivity contribution in [1.29, 1.82) is 0 Å². The van der Waals surface area contributed by atoms with Crippen LogP contribution in [0.25, 0.3) is 0 Å². The van der Waals surface area contributed by atoms with Gasteiger partial charge in [-0.2, -0.15) is 0 Å². The highest BCUT2D eigenvalue weighted by atomic mass is 79.9. The van der Waals surface area contributed by atoms with E-state index in [1.54, 1.807) is 6.07 Å². The molecule has 0 aliphatic heterocycles. The second-order valence-electron chi connectivity index (χ2n) is 5.62. The van der Waals surface area contributed by atoms with Crippen molar-refractivity contribution in [2.75, 3.05) is 6.26 Å². The van der Waals surface area contributed by atoms with Gasteiger partial charge in [0, 0.05) is 12.5 Å². The number of hydrogen-bond donors (Lipinski definition) is 1. The number of aromatic nitrogens is 1. The van der Waals surface area contributed by atoms with Crippen molar-refractivity contribution >= 4 is 31.7 Å². The summed E-state index contributed by atoms with van der Waals surface area (Å²) in [7, 11) is -3.57. The molecule has 24 heavy (non-hydrogen) atoms. The minimum atomic E-state index is -3.57. The lowest BCUT2D eigenvalue weighted by Crippen LogP contribution is -2.29. The fourth-order valence-corrected chi connectivity index (χ4v) is 4.25. The number of hydrogen-bond acceptors (Lipinski definition) is 4. The highest BCUT2D eigenvalue weighted by Gasteiger charge is 2.29. The zero-order valence-corrected chi connectivity index (χ0v) is 15.1. The monoisotopic (exact) mass is 412 g/mol. The molecule has 1 aliphatic carbocycles. The normalized spacial score (nSPS) is 16.7. The molecule has 1 N–H and O–H groups in total. The van der Waals surface area contributed by atoms with Gasteiger partial charge >= 0.3 is 0 Å². The first kappa shape index (κ1) is 17.0. The van der Waals surface area contributed by atoms with Crippen LogP contribution >= 0.6 is 15.9 Å². The summed E-state index contributed by atoms with van der Waals surface area (Å²) < 4.78 is 37.6. The lowest BCUT2D eigenvalue weighted by molar-refractivity contribution is 0.0928. The molecule has 0 spiro atoms.